The van der Waals surface area contributed by atoms with Gasteiger partial charge in [-0.1, -0.05) is 35.7 Å². The molecule has 0 spiro atoms. The van der Waals surface area contributed by atoms with Gasteiger partial charge in [-0.25, -0.2) is 4.79 Å². The molecule has 1 heterocycles. The van der Waals surface area contributed by atoms with E-state index in [9.17, 15) is 4.79 Å². The number of carbonyl (C=O) groups is 1. The van der Waals surface area contributed by atoms with Crippen LogP contribution >= 0.6 is 15.9 Å². The predicted octanol–water partition coefficient (Wildman–Crippen LogP) is 3.98. The molecular formula is C16H20BrN3O3. The average molecular weight is 382 g/mol. The largest absolute Gasteiger partial charge is 0.493 e. The lowest BCUT2D eigenvalue weighted by atomic mass is 10.1. The maximum atomic E-state index is 12.0. The van der Waals surface area contributed by atoms with Gasteiger partial charge in [0.1, 0.15) is 11.4 Å². The number of carbonyl (C=O) groups excluding carboxylic acids is 1. The van der Waals surface area contributed by atoms with Crippen LogP contribution in [0.2, 0.25) is 0 Å². The second-order valence-corrected chi connectivity index (χ2v) is 5.85. The number of esters is 1. The van der Waals surface area contributed by atoms with E-state index >= 15 is 0 Å². The molecule has 2 rings (SSSR count). The molecule has 0 atom stereocenters. The summed E-state index contributed by atoms with van der Waals surface area (Å²) in [6, 6.07) is 5.60. The van der Waals surface area contributed by atoms with Crippen molar-refractivity contribution in [1.29, 1.82) is 0 Å². The number of aromatic amines is 1. The summed E-state index contributed by atoms with van der Waals surface area (Å²) in [6.07, 6.45) is 3.23. The lowest BCUT2D eigenvalue weighted by Gasteiger charge is -2.11. The molecule has 0 saturated heterocycles. The zero-order valence-corrected chi connectivity index (χ0v) is 14.9. The van der Waals surface area contributed by atoms with Crippen LogP contribution < -0.4 is 4.74 Å². The zero-order chi connectivity index (χ0) is 16.7. The van der Waals surface area contributed by atoms with Crippen molar-refractivity contribution in [3.8, 4) is 17.0 Å². The van der Waals surface area contributed by atoms with Crippen molar-refractivity contribution >= 4 is 21.9 Å². The fourth-order valence-electron chi connectivity index (χ4n) is 2.11. The van der Waals surface area contributed by atoms with Crippen LogP contribution in [0.1, 0.15) is 43.6 Å². The van der Waals surface area contributed by atoms with Crippen LogP contribution in [0.5, 0.6) is 5.75 Å². The van der Waals surface area contributed by atoms with Crippen molar-refractivity contribution in [2.75, 3.05) is 13.2 Å². The first-order chi connectivity index (χ1) is 11.2. The van der Waals surface area contributed by atoms with Gasteiger partial charge in [0.15, 0.2) is 5.69 Å². The molecule has 2 aromatic rings. The molecule has 1 aromatic heterocycles. The first-order valence-electron chi connectivity index (χ1n) is 7.68. The number of hydrogen-bond donors (Lipinski definition) is 1. The Morgan fingerprint density at radius 2 is 2.09 bits per heavy atom. The monoisotopic (exact) mass is 381 g/mol. The molecule has 1 aromatic carbocycles. The highest BCUT2D eigenvalue weighted by atomic mass is 79.9. The number of benzene rings is 1. The number of ether oxygens (including phenoxy) is 2. The highest BCUT2D eigenvalue weighted by Crippen LogP contribution is 2.33. The maximum absolute atomic E-state index is 12.0. The molecule has 0 aliphatic heterocycles. The molecule has 0 radical (unpaired) electrons. The van der Waals surface area contributed by atoms with Crippen molar-refractivity contribution in [1.82, 2.24) is 15.4 Å². The highest BCUT2D eigenvalue weighted by molar-refractivity contribution is 9.10. The molecule has 7 heteroatoms. The number of H-pyrrole nitrogens is 1. The molecule has 124 valence electrons. The molecule has 0 fully saturated rings. The van der Waals surface area contributed by atoms with E-state index in [1.54, 1.807) is 6.92 Å². The van der Waals surface area contributed by atoms with Crippen LogP contribution in [0.3, 0.4) is 0 Å². The minimum Gasteiger partial charge on any atom is -0.493 e. The van der Waals surface area contributed by atoms with Crippen molar-refractivity contribution in [2.45, 2.75) is 33.1 Å². The van der Waals surface area contributed by atoms with Crippen LogP contribution in [-0.4, -0.2) is 34.6 Å². The molecule has 1 N–H and O–H groups in total. The molecule has 23 heavy (non-hydrogen) atoms. The molecule has 0 aliphatic carbocycles. The van der Waals surface area contributed by atoms with Crippen molar-refractivity contribution in [2.24, 2.45) is 0 Å². The Morgan fingerprint density at radius 1 is 1.26 bits per heavy atom. The van der Waals surface area contributed by atoms with E-state index in [4.69, 9.17) is 9.47 Å². The minimum absolute atomic E-state index is 0.156. The molecule has 0 saturated carbocycles. The van der Waals surface area contributed by atoms with Crippen LogP contribution in [0.15, 0.2) is 22.7 Å². The topological polar surface area (TPSA) is 77.1 Å². The van der Waals surface area contributed by atoms with Crippen LogP contribution in [0, 0.1) is 0 Å². The van der Waals surface area contributed by atoms with Gasteiger partial charge in [-0.3, -0.25) is 0 Å². The second kappa shape index (κ2) is 8.67. The Morgan fingerprint density at radius 3 is 2.83 bits per heavy atom. The lowest BCUT2D eigenvalue weighted by Crippen LogP contribution is -2.07. The number of nitrogens with one attached hydrogen (secondary N) is 1. The summed E-state index contributed by atoms with van der Waals surface area (Å²) in [4.78, 5) is 12.0. The van der Waals surface area contributed by atoms with Gasteiger partial charge in [0.25, 0.3) is 0 Å². The van der Waals surface area contributed by atoms with E-state index < -0.39 is 5.97 Å². The fraction of sp³-hybridized carbons (Fsp3) is 0.438. The summed E-state index contributed by atoms with van der Waals surface area (Å²) < 4.78 is 11.7. The summed E-state index contributed by atoms with van der Waals surface area (Å²) in [6.45, 7) is 4.80. The van der Waals surface area contributed by atoms with Crippen molar-refractivity contribution in [3.05, 3.63) is 28.4 Å². The smallest absolute Gasteiger partial charge is 0.361 e. The highest BCUT2D eigenvalue weighted by Gasteiger charge is 2.22. The Bertz CT molecular complexity index is 658. The van der Waals surface area contributed by atoms with Gasteiger partial charge in [0, 0.05) is 10.0 Å². The summed E-state index contributed by atoms with van der Waals surface area (Å²) in [5, 5.41) is 10.5. The molecule has 0 unspecified atom stereocenters. The number of hydrogen-bond acceptors (Lipinski definition) is 5. The van der Waals surface area contributed by atoms with E-state index in [0.29, 0.717) is 23.6 Å². The number of unbranched alkanes of at least 4 members (excludes halogenated alkanes) is 2. The van der Waals surface area contributed by atoms with Gasteiger partial charge < -0.3 is 9.47 Å². The maximum Gasteiger partial charge on any atom is 0.361 e. The predicted molar refractivity (Wildman–Crippen MR) is 90.5 cm³/mol. The molecular weight excluding hydrogens is 362 g/mol. The van der Waals surface area contributed by atoms with E-state index in [1.165, 1.54) is 0 Å². The minimum atomic E-state index is -0.506. The lowest BCUT2D eigenvalue weighted by molar-refractivity contribution is 0.0520. The molecule has 0 bridgehead atoms. The van der Waals surface area contributed by atoms with Crippen LogP contribution in [0.25, 0.3) is 11.3 Å². The Kier molecular flexibility index (Phi) is 6.58. The van der Waals surface area contributed by atoms with E-state index in [0.717, 1.165) is 23.7 Å². The summed E-state index contributed by atoms with van der Waals surface area (Å²) in [5.74, 6) is 0.164. The fourth-order valence-corrected chi connectivity index (χ4v) is 2.47. The number of aromatic nitrogens is 3. The van der Waals surface area contributed by atoms with Gasteiger partial charge in [-0.15, -0.1) is 5.10 Å². The quantitative estimate of drug-likeness (QED) is 0.552. The molecule has 6 nitrogen and oxygen atoms in total. The van der Waals surface area contributed by atoms with E-state index in [2.05, 4.69) is 38.3 Å². The number of halogens is 1. The summed E-state index contributed by atoms with van der Waals surface area (Å²) >= 11 is 3.44. The van der Waals surface area contributed by atoms with Gasteiger partial charge >= 0.3 is 5.97 Å². The van der Waals surface area contributed by atoms with Gasteiger partial charge in [0.05, 0.1) is 13.2 Å². The average Bonchev–Trinajstić information content (AvgIpc) is 3.02. The number of rotatable bonds is 8. The summed E-state index contributed by atoms with van der Waals surface area (Å²) in [7, 11) is 0. The first kappa shape index (κ1) is 17.5. The SMILES string of the molecule is CCCCCOc1ccc(Br)cc1-c1n[nH]nc1C(=O)OCC. The third-order valence-corrected chi connectivity index (χ3v) is 3.71. The van der Waals surface area contributed by atoms with E-state index in [1.807, 2.05) is 18.2 Å². The van der Waals surface area contributed by atoms with E-state index in [-0.39, 0.29) is 12.3 Å². The van der Waals surface area contributed by atoms with Gasteiger partial charge in [-0.05, 0) is 31.5 Å². The molecule has 0 aliphatic rings. The normalized spacial score (nSPS) is 10.6. The van der Waals surface area contributed by atoms with Crippen molar-refractivity contribution < 1.29 is 14.3 Å². The molecule has 0 amide bonds. The Labute approximate surface area is 143 Å². The van der Waals surface area contributed by atoms with Crippen molar-refractivity contribution in [3.63, 3.8) is 0 Å². The number of nitrogens with zero attached hydrogens (tertiary/aromatic N) is 2. The van der Waals surface area contributed by atoms with Gasteiger partial charge in [0.2, 0.25) is 0 Å². The third kappa shape index (κ3) is 4.54. The van der Waals surface area contributed by atoms with Gasteiger partial charge in [-0.2, -0.15) is 10.3 Å². The zero-order valence-electron chi connectivity index (χ0n) is 13.3. The second-order valence-electron chi connectivity index (χ2n) is 4.94. The Balaban J connectivity index is 2.29. The first-order valence-corrected chi connectivity index (χ1v) is 8.47. The summed E-state index contributed by atoms with van der Waals surface area (Å²) in [5.41, 5.74) is 1.28. The van der Waals surface area contributed by atoms with Crippen LogP contribution in [0.4, 0.5) is 0 Å². The third-order valence-electron chi connectivity index (χ3n) is 3.22. The Hall–Kier alpha value is -1.89. The van der Waals surface area contributed by atoms with Crippen LogP contribution in [-0.2, 0) is 4.74 Å². The standard InChI is InChI=1S/C16H20BrN3O3/c1-3-5-6-9-23-13-8-7-11(17)10-12(13)14-15(19-20-18-14)16(21)22-4-2/h7-8,10H,3-6,9H2,1-2H3,(H,18,19,20).